The third kappa shape index (κ3) is 4.80. The van der Waals surface area contributed by atoms with E-state index >= 15 is 0 Å². The second kappa shape index (κ2) is 8.60. The Bertz CT molecular complexity index is 814. The summed E-state index contributed by atoms with van der Waals surface area (Å²) < 4.78 is 1.54. The van der Waals surface area contributed by atoms with Crippen LogP contribution in [0.2, 0.25) is 0 Å². The van der Waals surface area contributed by atoms with Crippen LogP contribution < -0.4 is 10.9 Å². The first-order valence-electron chi connectivity index (χ1n) is 9.16. The molecule has 3 heterocycles. The second-order valence-electron chi connectivity index (χ2n) is 6.84. The van der Waals surface area contributed by atoms with Gasteiger partial charge in [0.05, 0.1) is 17.1 Å². The monoisotopic (exact) mass is 374 g/mol. The van der Waals surface area contributed by atoms with Crippen LogP contribution in [0.5, 0.6) is 0 Å². The van der Waals surface area contributed by atoms with Crippen molar-refractivity contribution in [1.82, 2.24) is 20.0 Å². The standard InChI is InChI=1S/C19H26N4O2S/c1-14-6-9-18(24)23(21-14)12-11-22-10-4-3-5-16(22)13-20-19(25)17-8-7-15(2)26-17/h6-9,16H,3-5,10-13H2,1-2H3,(H,20,25). The van der Waals surface area contributed by atoms with Gasteiger partial charge in [-0.05, 0) is 51.4 Å². The number of aryl methyl sites for hydroxylation is 2. The summed E-state index contributed by atoms with van der Waals surface area (Å²) in [4.78, 5) is 28.5. The topological polar surface area (TPSA) is 67.2 Å². The van der Waals surface area contributed by atoms with Crippen LogP contribution in [0.3, 0.4) is 0 Å². The van der Waals surface area contributed by atoms with Gasteiger partial charge in [0, 0.05) is 30.1 Å². The summed E-state index contributed by atoms with van der Waals surface area (Å²) in [5.41, 5.74) is 0.781. The maximum absolute atomic E-state index is 12.3. The fourth-order valence-corrected chi connectivity index (χ4v) is 4.16. The highest BCUT2D eigenvalue weighted by atomic mass is 32.1. The van der Waals surface area contributed by atoms with Crippen molar-refractivity contribution in [2.45, 2.75) is 45.7 Å². The number of thiophene rings is 1. The molecule has 6 nitrogen and oxygen atoms in total. The Hall–Kier alpha value is -1.99. The van der Waals surface area contributed by atoms with E-state index in [1.165, 1.54) is 22.4 Å². The van der Waals surface area contributed by atoms with E-state index in [4.69, 9.17) is 0 Å². The van der Waals surface area contributed by atoms with E-state index in [-0.39, 0.29) is 11.5 Å². The molecule has 140 valence electrons. The van der Waals surface area contributed by atoms with Crippen molar-refractivity contribution in [1.29, 1.82) is 0 Å². The first-order valence-corrected chi connectivity index (χ1v) is 9.98. The van der Waals surface area contributed by atoms with Crippen LogP contribution in [0.1, 0.15) is 39.5 Å². The number of piperidine rings is 1. The van der Waals surface area contributed by atoms with Crippen molar-refractivity contribution < 1.29 is 4.79 Å². The minimum absolute atomic E-state index is 0.00481. The van der Waals surface area contributed by atoms with Gasteiger partial charge in [0.2, 0.25) is 0 Å². The minimum Gasteiger partial charge on any atom is -0.350 e. The quantitative estimate of drug-likeness (QED) is 0.842. The molecule has 0 radical (unpaired) electrons. The predicted octanol–water partition coefficient (Wildman–Crippen LogP) is 2.21. The molecule has 0 bridgehead atoms. The van der Waals surface area contributed by atoms with Gasteiger partial charge in [0.1, 0.15) is 0 Å². The Morgan fingerprint density at radius 2 is 2.08 bits per heavy atom. The van der Waals surface area contributed by atoms with Gasteiger partial charge in [-0.15, -0.1) is 11.3 Å². The number of likely N-dealkylation sites (tertiary alicyclic amines) is 1. The van der Waals surface area contributed by atoms with Gasteiger partial charge in [-0.25, -0.2) is 4.68 Å². The molecule has 26 heavy (non-hydrogen) atoms. The van der Waals surface area contributed by atoms with E-state index < -0.39 is 0 Å². The summed E-state index contributed by atoms with van der Waals surface area (Å²) in [6.07, 6.45) is 3.41. The highest BCUT2D eigenvalue weighted by Gasteiger charge is 2.23. The molecule has 2 aromatic rings. The molecule has 1 aliphatic rings. The fraction of sp³-hybridized carbons (Fsp3) is 0.526. The molecule has 1 unspecified atom stereocenters. The molecule has 0 spiro atoms. The van der Waals surface area contributed by atoms with Crippen molar-refractivity contribution >= 4 is 17.2 Å². The van der Waals surface area contributed by atoms with E-state index in [0.29, 0.717) is 19.1 Å². The van der Waals surface area contributed by atoms with Crippen molar-refractivity contribution in [2.24, 2.45) is 0 Å². The molecule has 1 fully saturated rings. The molecule has 3 rings (SSSR count). The maximum Gasteiger partial charge on any atom is 0.266 e. The summed E-state index contributed by atoms with van der Waals surface area (Å²) in [5.74, 6) is 0.00481. The Balaban J connectivity index is 1.56. The summed E-state index contributed by atoms with van der Waals surface area (Å²) in [6, 6.07) is 7.47. The smallest absolute Gasteiger partial charge is 0.266 e. The molecule has 0 aromatic carbocycles. The summed E-state index contributed by atoms with van der Waals surface area (Å²) in [6.45, 7) is 6.89. The van der Waals surface area contributed by atoms with Crippen molar-refractivity contribution in [3.05, 3.63) is 50.1 Å². The summed E-state index contributed by atoms with van der Waals surface area (Å²) >= 11 is 1.52. The van der Waals surface area contributed by atoms with Crippen molar-refractivity contribution in [3.63, 3.8) is 0 Å². The van der Waals surface area contributed by atoms with Gasteiger partial charge in [0.15, 0.2) is 0 Å². The van der Waals surface area contributed by atoms with Gasteiger partial charge >= 0.3 is 0 Å². The Kier molecular flexibility index (Phi) is 6.21. The summed E-state index contributed by atoms with van der Waals surface area (Å²) in [5, 5.41) is 7.38. The van der Waals surface area contributed by atoms with Crippen LogP contribution in [-0.4, -0.2) is 46.3 Å². The number of nitrogens with zero attached hydrogens (tertiary/aromatic N) is 3. The molecule has 1 amide bonds. The zero-order chi connectivity index (χ0) is 18.5. The first kappa shape index (κ1) is 18.8. The van der Waals surface area contributed by atoms with E-state index in [1.54, 1.807) is 12.1 Å². The molecule has 0 aliphatic carbocycles. The maximum atomic E-state index is 12.3. The van der Waals surface area contributed by atoms with E-state index in [0.717, 1.165) is 41.4 Å². The van der Waals surface area contributed by atoms with Crippen LogP contribution in [-0.2, 0) is 6.54 Å². The lowest BCUT2D eigenvalue weighted by atomic mass is 10.0. The lowest BCUT2D eigenvalue weighted by Gasteiger charge is -2.35. The lowest BCUT2D eigenvalue weighted by Crippen LogP contribution is -2.48. The second-order valence-corrected chi connectivity index (χ2v) is 8.13. The Morgan fingerprint density at radius 3 is 2.85 bits per heavy atom. The zero-order valence-corrected chi connectivity index (χ0v) is 16.2. The summed E-state index contributed by atoms with van der Waals surface area (Å²) in [7, 11) is 0. The van der Waals surface area contributed by atoms with Gasteiger partial charge in [-0.1, -0.05) is 6.42 Å². The van der Waals surface area contributed by atoms with Crippen molar-refractivity contribution in [3.8, 4) is 0 Å². The minimum atomic E-state index is -0.0643. The molecular weight excluding hydrogens is 348 g/mol. The largest absolute Gasteiger partial charge is 0.350 e. The van der Waals surface area contributed by atoms with E-state index in [2.05, 4.69) is 15.3 Å². The molecule has 1 aliphatic heterocycles. The van der Waals surface area contributed by atoms with Gasteiger partial charge in [-0.3, -0.25) is 14.5 Å². The Morgan fingerprint density at radius 1 is 1.23 bits per heavy atom. The number of hydrogen-bond donors (Lipinski definition) is 1. The molecule has 0 saturated carbocycles. The highest BCUT2D eigenvalue weighted by molar-refractivity contribution is 7.13. The Labute approximate surface area is 157 Å². The first-order chi connectivity index (χ1) is 12.5. The van der Waals surface area contributed by atoms with Crippen LogP contribution in [0.4, 0.5) is 0 Å². The van der Waals surface area contributed by atoms with Crippen LogP contribution in [0.15, 0.2) is 29.1 Å². The SMILES string of the molecule is Cc1ccc(=O)n(CCN2CCCCC2CNC(=O)c2ccc(C)s2)n1. The fourth-order valence-electron chi connectivity index (χ4n) is 3.37. The number of hydrogen-bond acceptors (Lipinski definition) is 5. The van der Waals surface area contributed by atoms with Crippen LogP contribution >= 0.6 is 11.3 Å². The van der Waals surface area contributed by atoms with E-state index in [9.17, 15) is 9.59 Å². The van der Waals surface area contributed by atoms with Gasteiger partial charge in [-0.2, -0.15) is 5.10 Å². The molecule has 1 saturated heterocycles. The van der Waals surface area contributed by atoms with Crippen LogP contribution in [0.25, 0.3) is 0 Å². The molecule has 1 N–H and O–H groups in total. The number of nitrogens with one attached hydrogen (secondary N) is 1. The normalized spacial score (nSPS) is 18.0. The average molecular weight is 375 g/mol. The number of amides is 1. The molecule has 2 aromatic heterocycles. The third-order valence-corrected chi connectivity index (χ3v) is 5.81. The lowest BCUT2D eigenvalue weighted by molar-refractivity contribution is 0.0913. The van der Waals surface area contributed by atoms with Crippen LogP contribution in [0, 0.1) is 13.8 Å². The molecule has 7 heteroatoms. The van der Waals surface area contributed by atoms with Gasteiger partial charge in [0.25, 0.3) is 11.5 Å². The average Bonchev–Trinajstić information content (AvgIpc) is 3.07. The van der Waals surface area contributed by atoms with Gasteiger partial charge < -0.3 is 5.32 Å². The number of carbonyl (C=O) groups excluding carboxylic acids is 1. The highest BCUT2D eigenvalue weighted by Crippen LogP contribution is 2.18. The van der Waals surface area contributed by atoms with Crippen molar-refractivity contribution in [2.75, 3.05) is 19.6 Å². The molecule has 1 atom stereocenters. The number of rotatable bonds is 6. The number of aromatic nitrogens is 2. The van der Waals surface area contributed by atoms with E-state index in [1.807, 2.05) is 26.0 Å². The predicted molar refractivity (Wildman–Crippen MR) is 104 cm³/mol. The number of carbonyl (C=O) groups is 1. The molecular formula is C19H26N4O2S. The third-order valence-electron chi connectivity index (χ3n) is 4.81. The zero-order valence-electron chi connectivity index (χ0n) is 15.4.